The Bertz CT molecular complexity index is 846. The van der Waals surface area contributed by atoms with Crippen molar-refractivity contribution in [2.45, 2.75) is 19.8 Å². The van der Waals surface area contributed by atoms with Crippen molar-refractivity contribution >= 4 is 23.0 Å². The summed E-state index contributed by atoms with van der Waals surface area (Å²) in [4.78, 5) is 27.4. The fourth-order valence-corrected chi connectivity index (χ4v) is 3.28. The van der Waals surface area contributed by atoms with Gasteiger partial charge in [-0.15, -0.1) is 0 Å². The van der Waals surface area contributed by atoms with Crippen molar-refractivity contribution in [2.24, 2.45) is 0 Å². The Morgan fingerprint density at radius 3 is 2.64 bits per heavy atom. The Morgan fingerprint density at radius 1 is 1.20 bits per heavy atom. The van der Waals surface area contributed by atoms with Crippen LogP contribution in [0, 0.1) is 17.0 Å². The number of carbonyl (C=O) groups excluding carboxylic acids is 1. The summed E-state index contributed by atoms with van der Waals surface area (Å²) in [5.74, 6) is -0.197. The van der Waals surface area contributed by atoms with Crippen LogP contribution in [-0.4, -0.2) is 31.5 Å². The molecule has 0 saturated heterocycles. The lowest BCUT2D eigenvalue weighted by molar-refractivity contribution is -0.384. The zero-order valence-corrected chi connectivity index (χ0v) is 14.7. The smallest absolute Gasteiger partial charge is 0.270 e. The van der Waals surface area contributed by atoms with Crippen LogP contribution in [0.25, 0.3) is 0 Å². The van der Waals surface area contributed by atoms with Gasteiger partial charge >= 0.3 is 0 Å². The number of carbonyl (C=O) groups is 1. The van der Waals surface area contributed by atoms with Gasteiger partial charge in [-0.1, -0.05) is 17.7 Å². The molecular weight excluding hydrogens is 318 g/mol. The molecule has 0 unspecified atom stereocenters. The monoisotopic (exact) mass is 339 g/mol. The number of nitrogens with zero attached hydrogens (tertiary/aromatic N) is 3. The number of hydrogen-bond acceptors (Lipinski definition) is 4. The van der Waals surface area contributed by atoms with E-state index in [0.29, 0.717) is 17.8 Å². The van der Waals surface area contributed by atoms with E-state index in [4.69, 9.17) is 0 Å². The number of fused-ring (bicyclic) bond motifs is 1. The number of amides is 1. The SMILES string of the molecule is Cc1ccc2c(c1)CCCN2C(=O)c1cc([N+](=O)[O-])ccc1N(C)C. The quantitative estimate of drug-likeness (QED) is 0.633. The molecule has 3 rings (SSSR count). The van der Waals surface area contributed by atoms with Gasteiger partial charge in [0.1, 0.15) is 0 Å². The van der Waals surface area contributed by atoms with Gasteiger partial charge in [0.15, 0.2) is 0 Å². The first-order valence-electron chi connectivity index (χ1n) is 8.25. The van der Waals surface area contributed by atoms with Crippen LogP contribution >= 0.6 is 0 Å². The van der Waals surface area contributed by atoms with Gasteiger partial charge < -0.3 is 9.80 Å². The average Bonchev–Trinajstić information content (AvgIpc) is 2.59. The van der Waals surface area contributed by atoms with Crippen molar-refractivity contribution in [1.29, 1.82) is 0 Å². The van der Waals surface area contributed by atoms with Gasteiger partial charge in [0.2, 0.25) is 0 Å². The highest BCUT2D eigenvalue weighted by Gasteiger charge is 2.27. The van der Waals surface area contributed by atoms with E-state index < -0.39 is 4.92 Å². The second-order valence-electron chi connectivity index (χ2n) is 6.55. The Kier molecular flexibility index (Phi) is 4.44. The zero-order chi connectivity index (χ0) is 18.1. The van der Waals surface area contributed by atoms with Crippen LogP contribution < -0.4 is 9.80 Å². The maximum Gasteiger partial charge on any atom is 0.270 e. The molecule has 6 heteroatoms. The van der Waals surface area contributed by atoms with E-state index >= 15 is 0 Å². The highest BCUT2D eigenvalue weighted by Crippen LogP contribution is 2.32. The molecule has 1 aliphatic heterocycles. The molecule has 0 bridgehead atoms. The minimum atomic E-state index is -0.469. The van der Waals surface area contributed by atoms with Gasteiger partial charge in [0, 0.05) is 44.1 Å². The maximum atomic E-state index is 13.2. The van der Waals surface area contributed by atoms with Gasteiger partial charge in [0.05, 0.1) is 10.5 Å². The largest absolute Gasteiger partial charge is 0.377 e. The topological polar surface area (TPSA) is 66.7 Å². The fraction of sp³-hybridized carbons (Fsp3) is 0.316. The molecule has 2 aromatic carbocycles. The molecule has 25 heavy (non-hydrogen) atoms. The van der Waals surface area contributed by atoms with E-state index in [2.05, 4.69) is 6.07 Å². The lowest BCUT2D eigenvalue weighted by atomic mass is 9.98. The molecule has 1 aliphatic rings. The summed E-state index contributed by atoms with van der Waals surface area (Å²) in [5.41, 5.74) is 4.17. The molecule has 1 heterocycles. The summed E-state index contributed by atoms with van der Waals surface area (Å²) in [6.45, 7) is 2.65. The van der Waals surface area contributed by atoms with Gasteiger partial charge in [-0.3, -0.25) is 14.9 Å². The summed E-state index contributed by atoms with van der Waals surface area (Å²) in [5, 5.41) is 11.1. The third kappa shape index (κ3) is 3.20. The van der Waals surface area contributed by atoms with Crippen molar-refractivity contribution in [3.05, 3.63) is 63.2 Å². The minimum absolute atomic E-state index is 0.0740. The predicted molar refractivity (Wildman–Crippen MR) is 98.6 cm³/mol. The molecule has 130 valence electrons. The number of nitro benzene ring substituents is 1. The molecule has 0 radical (unpaired) electrons. The number of non-ortho nitro benzene ring substituents is 1. The summed E-state index contributed by atoms with van der Waals surface area (Å²) >= 11 is 0. The third-order valence-corrected chi connectivity index (χ3v) is 4.50. The Hall–Kier alpha value is -2.89. The number of anilines is 2. The summed E-state index contributed by atoms with van der Waals surface area (Å²) in [6, 6.07) is 10.5. The number of hydrogen-bond donors (Lipinski definition) is 0. The Labute approximate surface area is 146 Å². The van der Waals surface area contributed by atoms with E-state index in [1.807, 2.05) is 33.2 Å². The molecule has 1 amide bonds. The normalized spacial score (nSPS) is 13.3. The molecular formula is C19H21N3O3. The van der Waals surface area contributed by atoms with Crippen LogP contribution in [0.15, 0.2) is 36.4 Å². The Morgan fingerprint density at radius 2 is 1.96 bits per heavy atom. The highest BCUT2D eigenvalue weighted by atomic mass is 16.6. The van der Waals surface area contributed by atoms with Crippen molar-refractivity contribution in [2.75, 3.05) is 30.4 Å². The highest BCUT2D eigenvalue weighted by molar-refractivity contribution is 6.10. The van der Waals surface area contributed by atoms with E-state index in [0.717, 1.165) is 29.7 Å². The van der Waals surface area contributed by atoms with Crippen LogP contribution in [0.4, 0.5) is 17.1 Å². The number of aryl methyl sites for hydroxylation is 2. The second-order valence-corrected chi connectivity index (χ2v) is 6.55. The average molecular weight is 339 g/mol. The Balaban J connectivity index is 2.07. The van der Waals surface area contributed by atoms with Gasteiger partial charge in [-0.2, -0.15) is 0 Å². The van der Waals surface area contributed by atoms with Gasteiger partial charge in [-0.05, 0) is 37.5 Å². The third-order valence-electron chi connectivity index (χ3n) is 4.50. The van der Waals surface area contributed by atoms with E-state index in [-0.39, 0.29) is 11.6 Å². The fourth-order valence-electron chi connectivity index (χ4n) is 3.28. The van der Waals surface area contributed by atoms with Crippen LogP contribution in [0.1, 0.15) is 27.9 Å². The lowest BCUT2D eigenvalue weighted by Crippen LogP contribution is -2.36. The second kappa shape index (κ2) is 6.55. The molecule has 0 saturated carbocycles. The lowest BCUT2D eigenvalue weighted by Gasteiger charge is -2.31. The number of rotatable bonds is 3. The van der Waals surface area contributed by atoms with Crippen LogP contribution in [0.5, 0.6) is 0 Å². The van der Waals surface area contributed by atoms with Crippen LogP contribution in [-0.2, 0) is 6.42 Å². The van der Waals surface area contributed by atoms with Crippen molar-refractivity contribution in [1.82, 2.24) is 0 Å². The number of benzene rings is 2. The van der Waals surface area contributed by atoms with Crippen LogP contribution in [0.3, 0.4) is 0 Å². The first-order valence-corrected chi connectivity index (χ1v) is 8.25. The first kappa shape index (κ1) is 17.0. The van der Waals surface area contributed by atoms with Crippen molar-refractivity contribution in [3.63, 3.8) is 0 Å². The first-order chi connectivity index (χ1) is 11.9. The van der Waals surface area contributed by atoms with Crippen LogP contribution in [0.2, 0.25) is 0 Å². The summed E-state index contributed by atoms with van der Waals surface area (Å²) < 4.78 is 0. The summed E-state index contributed by atoms with van der Waals surface area (Å²) in [6.07, 6.45) is 1.82. The van der Waals surface area contributed by atoms with E-state index in [9.17, 15) is 14.9 Å². The standard InChI is InChI=1S/C19H21N3O3/c1-13-6-8-17-14(11-13)5-4-10-21(17)19(23)16-12-15(22(24)25)7-9-18(16)20(2)3/h6-9,11-12H,4-5,10H2,1-3H3. The molecule has 0 N–H and O–H groups in total. The van der Waals surface area contributed by atoms with Crippen molar-refractivity contribution < 1.29 is 9.72 Å². The van der Waals surface area contributed by atoms with Gasteiger partial charge in [0.25, 0.3) is 11.6 Å². The molecule has 0 spiro atoms. The molecule has 6 nitrogen and oxygen atoms in total. The number of nitro groups is 1. The van der Waals surface area contributed by atoms with Gasteiger partial charge in [-0.25, -0.2) is 0 Å². The zero-order valence-electron chi connectivity index (χ0n) is 14.7. The molecule has 0 aliphatic carbocycles. The molecule has 0 aromatic heterocycles. The summed E-state index contributed by atoms with van der Waals surface area (Å²) in [7, 11) is 3.65. The predicted octanol–water partition coefficient (Wildman–Crippen LogP) is 3.56. The van der Waals surface area contributed by atoms with Crippen molar-refractivity contribution in [3.8, 4) is 0 Å². The molecule has 0 fully saturated rings. The minimum Gasteiger partial charge on any atom is -0.377 e. The maximum absolute atomic E-state index is 13.2. The molecule has 2 aromatic rings. The van der Waals surface area contributed by atoms with E-state index in [1.165, 1.54) is 12.1 Å². The molecule has 0 atom stereocenters. The van der Waals surface area contributed by atoms with E-state index in [1.54, 1.807) is 15.9 Å².